The first-order valence-corrected chi connectivity index (χ1v) is 7.43. The molecule has 24 heavy (non-hydrogen) atoms. The maximum Gasteiger partial charge on any atom is 0.406 e. The van der Waals surface area contributed by atoms with E-state index in [0.717, 1.165) is 14.1 Å². The number of hydrogen-bond acceptors (Lipinski definition) is 2. The molecule has 0 aromatic rings. The molecule has 0 aromatic carbocycles. The zero-order chi connectivity index (χ0) is 18.7. The van der Waals surface area contributed by atoms with Crippen LogP contribution in [0.5, 0.6) is 0 Å². The molecule has 1 aliphatic rings. The molecule has 0 radical (unpaired) electrons. The van der Waals surface area contributed by atoms with Crippen LogP contribution in [-0.4, -0.2) is 61.2 Å². The Morgan fingerprint density at radius 2 is 1.00 bits per heavy atom. The number of halogens is 6. The van der Waals surface area contributed by atoms with E-state index in [9.17, 15) is 35.9 Å². The summed E-state index contributed by atoms with van der Waals surface area (Å²) in [6.07, 6.45) is -8.21. The summed E-state index contributed by atoms with van der Waals surface area (Å²) >= 11 is 0. The SMILES string of the molecule is CN(CC(F)(F)F)C(=O)C1CCC(C(=O)N(C)CC(F)(F)F)CC1. The van der Waals surface area contributed by atoms with Crippen molar-refractivity contribution in [1.29, 1.82) is 0 Å². The zero-order valence-electron chi connectivity index (χ0n) is 13.4. The van der Waals surface area contributed by atoms with Gasteiger partial charge in [0.05, 0.1) is 0 Å². The maximum atomic E-state index is 12.3. The summed E-state index contributed by atoms with van der Waals surface area (Å²) in [7, 11) is 2.12. The highest BCUT2D eigenvalue weighted by Crippen LogP contribution is 2.32. The van der Waals surface area contributed by atoms with Crippen LogP contribution >= 0.6 is 0 Å². The molecule has 0 saturated heterocycles. The molecular formula is C14H20F6N2O2. The normalized spacial score (nSPS) is 22.2. The van der Waals surface area contributed by atoms with Crippen LogP contribution in [0, 0.1) is 11.8 Å². The molecule has 2 amide bonds. The van der Waals surface area contributed by atoms with Gasteiger partial charge in [-0.05, 0) is 25.7 Å². The second kappa shape index (κ2) is 7.60. The minimum Gasteiger partial charge on any atom is -0.336 e. The second-order valence-corrected chi connectivity index (χ2v) is 6.17. The molecule has 1 fully saturated rings. The van der Waals surface area contributed by atoms with Gasteiger partial charge >= 0.3 is 12.4 Å². The van der Waals surface area contributed by atoms with Gasteiger partial charge in [-0.1, -0.05) is 0 Å². The fraction of sp³-hybridized carbons (Fsp3) is 0.857. The highest BCUT2D eigenvalue weighted by molar-refractivity contribution is 5.81. The number of rotatable bonds is 4. The Balaban J connectivity index is 2.51. The van der Waals surface area contributed by atoms with Crippen LogP contribution in [0.4, 0.5) is 26.3 Å². The van der Waals surface area contributed by atoms with Crippen LogP contribution in [-0.2, 0) is 9.59 Å². The quantitative estimate of drug-likeness (QED) is 0.722. The Bertz CT molecular complexity index is 413. The van der Waals surface area contributed by atoms with Crippen molar-refractivity contribution in [2.75, 3.05) is 27.2 Å². The molecule has 10 heteroatoms. The van der Waals surface area contributed by atoms with Crippen LogP contribution in [0.3, 0.4) is 0 Å². The minimum atomic E-state index is -4.49. The summed E-state index contributed by atoms with van der Waals surface area (Å²) in [5.41, 5.74) is 0. The average molecular weight is 362 g/mol. The van der Waals surface area contributed by atoms with E-state index in [1.165, 1.54) is 0 Å². The highest BCUT2D eigenvalue weighted by atomic mass is 19.4. The predicted molar refractivity (Wildman–Crippen MR) is 72.8 cm³/mol. The minimum absolute atomic E-state index is 0.192. The lowest BCUT2D eigenvalue weighted by molar-refractivity contribution is -0.164. The summed E-state index contributed by atoms with van der Waals surface area (Å²) in [6.45, 7) is -2.70. The first-order valence-electron chi connectivity index (χ1n) is 7.43. The molecule has 0 spiro atoms. The fourth-order valence-electron chi connectivity index (χ4n) is 2.90. The van der Waals surface area contributed by atoms with Gasteiger partial charge in [0.1, 0.15) is 13.1 Å². The molecular weight excluding hydrogens is 342 g/mol. The Kier molecular flexibility index (Phi) is 6.52. The van der Waals surface area contributed by atoms with Gasteiger partial charge in [-0.3, -0.25) is 9.59 Å². The number of carbonyl (C=O) groups is 2. The largest absolute Gasteiger partial charge is 0.406 e. The van der Waals surface area contributed by atoms with Crippen molar-refractivity contribution in [1.82, 2.24) is 9.80 Å². The van der Waals surface area contributed by atoms with Crippen LogP contribution in [0.1, 0.15) is 25.7 Å². The summed E-state index contributed by atoms with van der Waals surface area (Å²) < 4.78 is 73.7. The van der Waals surface area contributed by atoms with Gasteiger partial charge in [-0.15, -0.1) is 0 Å². The van der Waals surface area contributed by atoms with Crippen molar-refractivity contribution < 1.29 is 35.9 Å². The van der Waals surface area contributed by atoms with E-state index in [4.69, 9.17) is 0 Å². The van der Waals surface area contributed by atoms with E-state index >= 15 is 0 Å². The molecule has 4 nitrogen and oxygen atoms in total. The summed E-state index contributed by atoms with van der Waals surface area (Å²) in [4.78, 5) is 25.1. The van der Waals surface area contributed by atoms with Gasteiger partial charge in [0.2, 0.25) is 11.8 Å². The molecule has 0 N–H and O–H groups in total. The number of carbonyl (C=O) groups excluding carboxylic acids is 2. The fourth-order valence-corrected chi connectivity index (χ4v) is 2.90. The zero-order valence-corrected chi connectivity index (χ0v) is 13.4. The van der Waals surface area contributed by atoms with Crippen molar-refractivity contribution in [3.05, 3.63) is 0 Å². The lowest BCUT2D eigenvalue weighted by Gasteiger charge is -2.32. The predicted octanol–water partition coefficient (Wildman–Crippen LogP) is 2.83. The van der Waals surface area contributed by atoms with E-state index in [-0.39, 0.29) is 25.7 Å². The van der Waals surface area contributed by atoms with E-state index in [1.54, 1.807) is 0 Å². The molecule has 0 unspecified atom stereocenters. The number of nitrogens with zero attached hydrogens (tertiary/aromatic N) is 2. The van der Waals surface area contributed by atoms with Crippen LogP contribution < -0.4 is 0 Å². The number of alkyl halides is 6. The maximum absolute atomic E-state index is 12.3. The Morgan fingerprint density at radius 1 is 0.750 bits per heavy atom. The van der Waals surface area contributed by atoms with Gasteiger partial charge < -0.3 is 9.80 Å². The van der Waals surface area contributed by atoms with E-state index < -0.39 is 49.1 Å². The van der Waals surface area contributed by atoms with E-state index in [2.05, 4.69) is 0 Å². The van der Waals surface area contributed by atoms with Gasteiger partial charge in [0, 0.05) is 25.9 Å². The van der Waals surface area contributed by atoms with Gasteiger partial charge in [-0.2, -0.15) is 26.3 Å². The van der Waals surface area contributed by atoms with E-state index in [0.29, 0.717) is 9.80 Å². The first-order chi connectivity index (χ1) is 10.8. The van der Waals surface area contributed by atoms with Gasteiger partial charge in [-0.25, -0.2) is 0 Å². The van der Waals surface area contributed by atoms with Crippen molar-refractivity contribution in [3.8, 4) is 0 Å². The lowest BCUT2D eigenvalue weighted by atomic mass is 9.80. The van der Waals surface area contributed by atoms with Gasteiger partial charge in [0.15, 0.2) is 0 Å². The smallest absolute Gasteiger partial charge is 0.336 e. The average Bonchev–Trinajstić information content (AvgIpc) is 2.42. The Morgan fingerprint density at radius 3 is 1.21 bits per heavy atom. The van der Waals surface area contributed by atoms with Crippen molar-refractivity contribution in [3.63, 3.8) is 0 Å². The summed E-state index contributed by atoms with van der Waals surface area (Å²) in [6, 6.07) is 0. The van der Waals surface area contributed by atoms with Crippen LogP contribution in [0.15, 0.2) is 0 Å². The van der Waals surface area contributed by atoms with E-state index in [1.807, 2.05) is 0 Å². The molecule has 1 rings (SSSR count). The van der Waals surface area contributed by atoms with Crippen molar-refractivity contribution in [2.45, 2.75) is 38.0 Å². The third kappa shape index (κ3) is 6.56. The molecule has 0 bridgehead atoms. The topological polar surface area (TPSA) is 40.6 Å². The molecule has 0 aliphatic heterocycles. The molecule has 1 aliphatic carbocycles. The monoisotopic (exact) mass is 362 g/mol. The molecule has 1 saturated carbocycles. The lowest BCUT2D eigenvalue weighted by Crippen LogP contribution is -2.43. The van der Waals surface area contributed by atoms with Gasteiger partial charge in [0.25, 0.3) is 0 Å². The Labute approximate surface area is 135 Å². The summed E-state index contributed by atoms with van der Waals surface area (Å²) in [5, 5.41) is 0. The van der Waals surface area contributed by atoms with Crippen LogP contribution in [0.2, 0.25) is 0 Å². The molecule has 140 valence electrons. The Hall–Kier alpha value is -1.48. The van der Waals surface area contributed by atoms with Crippen molar-refractivity contribution >= 4 is 11.8 Å². The third-order valence-corrected chi connectivity index (χ3v) is 4.01. The first kappa shape index (κ1) is 20.6. The summed E-state index contributed by atoms with van der Waals surface area (Å²) in [5.74, 6) is -2.56. The second-order valence-electron chi connectivity index (χ2n) is 6.17. The standard InChI is InChI=1S/C14H20F6N2O2/c1-21(7-13(15,16)17)11(23)9-3-5-10(6-4-9)12(24)22(2)8-14(18,19)20/h9-10H,3-8H2,1-2H3. The molecule has 0 heterocycles. The number of amides is 2. The molecule has 0 atom stereocenters. The number of hydrogen-bond donors (Lipinski definition) is 0. The van der Waals surface area contributed by atoms with Crippen molar-refractivity contribution in [2.24, 2.45) is 11.8 Å². The molecule has 0 aromatic heterocycles. The van der Waals surface area contributed by atoms with Crippen LogP contribution in [0.25, 0.3) is 0 Å². The highest BCUT2D eigenvalue weighted by Gasteiger charge is 2.38. The third-order valence-electron chi connectivity index (χ3n) is 4.01.